The molecule has 0 aromatic carbocycles. The number of isothiocyanates is 1. The van der Waals surface area contributed by atoms with Gasteiger partial charge < -0.3 is 0 Å². The number of thiazole rings is 1. The second-order valence-corrected chi connectivity index (χ2v) is 2.89. The van der Waals surface area contributed by atoms with Crippen LogP contribution in [0.15, 0.2) is 10.5 Å². The van der Waals surface area contributed by atoms with Crippen LogP contribution in [0.4, 0.5) is 0 Å². The van der Waals surface area contributed by atoms with E-state index in [1.165, 1.54) is 0 Å². The molecule has 0 radical (unpaired) electrons. The lowest BCUT2D eigenvalue weighted by Gasteiger charge is -1.86. The fraction of sp³-hybridized carbons (Fsp3) is 0.333. The zero-order valence-electron chi connectivity index (χ0n) is 5.50. The highest BCUT2D eigenvalue weighted by molar-refractivity contribution is 7.78. The number of rotatable bonds is 2. The summed E-state index contributed by atoms with van der Waals surface area (Å²) >= 11 is 6.03. The van der Waals surface area contributed by atoms with E-state index in [1.807, 2.05) is 12.4 Å². The highest BCUT2D eigenvalue weighted by Crippen LogP contribution is 2.12. The summed E-state index contributed by atoms with van der Waals surface area (Å²) in [5.74, 6) is 0. The zero-order valence-corrected chi connectivity index (χ0v) is 7.13. The van der Waals surface area contributed by atoms with Crippen LogP contribution in [0.5, 0.6) is 0 Å². The van der Waals surface area contributed by atoms with Crippen LogP contribution in [0.2, 0.25) is 0 Å². The van der Waals surface area contributed by atoms with Gasteiger partial charge in [0.2, 0.25) is 0 Å². The molecule has 1 rings (SSSR count). The predicted octanol–water partition coefficient (Wildman–Crippen LogP) is 2.05. The fourth-order valence-electron chi connectivity index (χ4n) is 0.582. The Morgan fingerprint density at radius 1 is 1.90 bits per heavy atom. The van der Waals surface area contributed by atoms with Crippen molar-refractivity contribution in [2.75, 3.05) is 0 Å². The van der Waals surface area contributed by atoms with Crippen molar-refractivity contribution >= 4 is 28.7 Å². The molecule has 10 heavy (non-hydrogen) atoms. The van der Waals surface area contributed by atoms with E-state index in [4.69, 9.17) is 0 Å². The number of aliphatic imine (C=N–C) groups is 1. The van der Waals surface area contributed by atoms with Crippen LogP contribution in [0, 0.1) is 6.92 Å². The monoisotopic (exact) mass is 170 g/mol. The van der Waals surface area contributed by atoms with Crippen molar-refractivity contribution in [3.05, 3.63) is 16.1 Å². The third-order valence-corrected chi connectivity index (χ3v) is 2.18. The topological polar surface area (TPSA) is 25.2 Å². The normalized spacial score (nSPS) is 8.90. The molecule has 0 unspecified atom stereocenters. The summed E-state index contributed by atoms with van der Waals surface area (Å²) in [4.78, 5) is 9.04. The van der Waals surface area contributed by atoms with Crippen LogP contribution in [0.25, 0.3) is 0 Å². The molecule has 1 heterocycles. The Hall–Kier alpha value is -0.570. The third kappa shape index (κ3) is 1.70. The summed E-state index contributed by atoms with van der Waals surface area (Å²) in [6, 6.07) is 0. The predicted molar refractivity (Wildman–Crippen MR) is 45.6 cm³/mol. The minimum absolute atomic E-state index is 0.625. The van der Waals surface area contributed by atoms with Crippen LogP contribution in [0.1, 0.15) is 10.6 Å². The van der Waals surface area contributed by atoms with Crippen LogP contribution >= 0.6 is 23.6 Å². The molecule has 4 heteroatoms. The maximum atomic E-state index is 4.44. The van der Waals surface area contributed by atoms with Gasteiger partial charge in [-0.3, -0.25) is 0 Å². The van der Waals surface area contributed by atoms with Gasteiger partial charge >= 0.3 is 0 Å². The Labute approximate surface area is 68.6 Å². The van der Waals surface area contributed by atoms with Gasteiger partial charge in [0, 0.05) is 4.88 Å². The quantitative estimate of drug-likeness (QED) is 0.501. The number of aromatic nitrogens is 1. The summed E-state index contributed by atoms with van der Waals surface area (Å²) < 4.78 is 0. The third-order valence-electron chi connectivity index (χ3n) is 1.13. The van der Waals surface area contributed by atoms with Crippen molar-refractivity contribution in [1.29, 1.82) is 0 Å². The lowest BCUT2D eigenvalue weighted by molar-refractivity contribution is 1.07. The van der Waals surface area contributed by atoms with E-state index in [1.54, 1.807) is 11.3 Å². The minimum atomic E-state index is 0.625. The minimum Gasteiger partial charge on any atom is -0.250 e. The Morgan fingerprint density at radius 3 is 3.20 bits per heavy atom. The SMILES string of the molecule is Cc1ncsc1CN=C=S. The number of hydrogen-bond acceptors (Lipinski definition) is 4. The first-order chi connectivity index (χ1) is 4.84. The van der Waals surface area contributed by atoms with Gasteiger partial charge in [-0.2, -0.15) is 0 Å². The van der Waals surface area contributed by atoms with E-state index >= 15 is 0 Å². The van der Waals surface area contributed by atoms with Gasteiger partial charge in [0.05, 0.1) is 22.9 Å². The molecular formula is C6H6N2S2. The molecular weight excluding hydrogens is 164 g/mol. The van der Waals surface area contributed by atoms with Gasteiger partial charge in [-0.15, -0.1) is 11.3 Å². The first-order valence-electron chi connectivity index (χ1n) is 2.77. The molecule has 0 amide bonds. The van der Waals surface area contributed by atoms with E-state index in [0.717, 1.165) is 10.6 Å². The van der Waals surface area contributed by atoms with Gasteiger partial charge in [0.1, 0.15) is 0 Å². The Balaban J connectivity index is 2.74. The van der Waals surface area contributed by atoms with Crippen LogP contribution in [-0.2, 0) is 6.54 Å². The average Bonchev–Trinajstić information content (AvgIpc) is 2.31. The number of hydrogen-bond donors (Lipinski definition) is 0. The largest absolute Gasteiger partial charge is 0.250 e. The van der Waals surface area contributed by atoms with Gasteiger partial charge in [-0.1, -0.05) is 0 Å². The number of thiocarbonyl (C=S) groups is 1. The summed E-state index contributed by atoms with van der Waals surface area (Å²) in [5, 5.41) is 2.32. The molecule has 0 N–H and O–H groups in total. The molecule has 52 valence electrons. The van der Waals surface area contributed by atoms with E-state index in [-0.39, 0.29) is 0 Å². The van der Waals surface area contributed by atoms with Gasteiger partial charge in [-0.05, 0) is 19.1 Å². The lowest BCUT2D eigenvalue weighted by Crippen LogP contribution is -1.78. The molecule has 0 fully saturated rings. The standard InChI is InChI=1S/C6H6N2S2/c1-5-6(2-7-3-9)10-4-8-5/h4H,2H2,1H3. The van der Waals surface area contributed by atoms with Crippen molar-refractivity contribution in [3.8, 4) is 0 Å². The highest BCUT2D eigenvalue weighted by atomic mass is 32.1. The molecule has 2 nitrogen and oxygen atoms in total. The van der Waals surface area contributed by atoms with E-state index in [2.05, 4.69) is 27.4 Å². The second kappa shape index (κ2) is 3.56. The summed E-state index contributed by atoms with van der Waals surface area (Å²) in [7, 11) is 0. The number of nitrogens with zero attached hydrogens (tertiary/aromatic N) is 2. The van der Waals surface area contributed by atoms with Crippen molar-refractivity contribution in [2.24, 2.45) is 4.99 Å². The summed E-state index contributed by atoms with van der Waals surface area (Å²) in [5.41, 5.74) is 2.85. The first-order valence-corrected chi connectivity index (χ1v) is 4.06. The smallest absolute Gasteiger partial charge is 0.0854 e. The number of aryl methyl sites for hydroxylation is 1. The first kappa shape index (κ1) is 7.54. The molecule has 0 spiro atoms. The Bertz CT molecular complexity index is 260. The fourth-order valence-corrected chi connectivity index (χ4v) is 1.35. The molecule has 1 aromatic rings. The molecule has 0 saturated carbocycles. The molecule has 0 saturated heterocycles. The van der Waals surface area contributed by atoms with Gasteiger partial charge in [-0.25, -0.2) is 9.98 Å². The highest BCUT2D eigenvalue weighted by Gasteiger charge is 1.97. The van der Waals surface area contributed by atoms with E-state index in [0.29, 0.717) is 6.54 Å². The summed E-state index contributed by atoms with van der Waals surface area (Å²) in [6.07, 6.45) is 0. The van der Waals surface area contributed by atoms with Crippen molar-refractivity contribution in [2.45, 2.75) is 13.5 Å². The van der Waals surface area contributed by atoms with Crippen LogP contribution in [-0.4, -0.2) is 10.1 Å². The molecule has 1 aromatic heterocycles. The van der Waals surface area contributed by atoms with E-state index < -0.39 is 0 Å². The maximum Gasteiger partial charge on any atom is 0.0854 e. The maximum absolute atomic E-state index is 4.44. The second-order valence-electron chi connectivity index (χ2n) is 1.77. The average molecular weight is 170 g/mol. The van der Waals surface area contributed by atoms with Crippen molar-refractivity contribution in [1.82, 2.24) is 4.98 Å². The lowest BCUT2D eigenvalue weighted by atomic mass is 10.4. The summed E-state index contributed by atoms with van der Waals surface area (Å²) in [6.45, 7) is 2.59. The van der Waals surface area contributed by atoms with Gasteiger partial charge in [0.25, 0.3) is 0 Å². The van der Waals surface area contributed by atoms with Crippen molar-refractivity contribution < 1.29 is 0 Å². The van der Waals surface area contributed by atoms with Crippen LogP contribution < -0.4 is 0 Å². The zero-order chi connectivity index (χ0) is 7.40. The van der Waals surface area contributed by atoms with Crippen LogP contribution in [0.3, 0.4) is 0 Å². The molecule has 0 aliphatic carbocycles. The van der Waals surface area contributed by atoms with Gasteiger partial charge in [0.15, 0.2) is 0 Å². The Morgan fingerprint density at radius 2 is 2.70 bits per heavy atom. The van der Waals surface area contributed by atoms with E-state index in [9.17, 15) is 0 Å². The Kier molecular flexibility index (Phi) is 2.68. The molecule has 0 aliphatic rings. The molecule has 0 bridgehead atoms. The molecule has 0 atom stereocenters. The van der Waals surface area contributed by atoms with Crippen molar-refractivity contribution in [3.63, 3.8) is 0 Å². The molecule has 0 aliphatic heterocycles.